The standard InChI is InChI=1S/C5H11BrO2S/c1-9(7,8)5-3-2-4-6/h2-5H2,1H3. The maximum absolute atomic E-state index is 10.5. The SMILES string of the molecule is CS(=O)(=O)CCCCBr. The van der Waals surface area contributed by atoms with Crippen LogP contribution in [0, 0.1) is 0 Å². The molecule has 0 radical (unpaired) electrons. The van der Waals surface area contributed by atoms with Gasteiger partial charge in [-0.2, -0.15) is 0 Å². The molecule has 0 saturated heterocycles. The van der Waals surface area contributed by atoms with Gasteiger partial charge in [0.2, 0.25) is 0 Å². The quantitative estimate of drug-likeness (QED) is 0.521. The highest BCUT2D eigenvalue weighted by Gasteiger charge is 1.99. The fourth-order valence-electron chi connectivity index (χ4n) is 0.459. The van der Waals surface area contributed by atoms with Crippen LogP contribution in [-0.2, 0) is 9.84 Å². The van der Waals surface area contributed by atoms with Crippen LogP contribution >= 0.6 is 15.9 Å². The normalized spacial score (nSPS) is 11.8. The van der Waals surface area contributed by atoms with Crippen LogP contribution < -0.4 is 0 Å². The highest BCUT2D eigenvalue weighted by molar-refractivity contribution is 9.09. The Balaban J connectivity index is 3.30. The van der Waals surface area contributed by atoms with E-state index < -0.39 is 9.84 Å². The van der Waals surface area contributed by atoms with E-state index in [-0.39, 0.29) is 0 Å². The lowest BCUT2D eigenvalue weighted by Gasteiger charge is -1.93. The first-order chi connectivity index (χ1) is 4.06. The smallest absolute Gasteiger partial charge is 0.147 e. The van der Waals surface area contributed by atoms with Gasteiger partial charge in [0.05, 0.1) is 0 Å². The van der Waals surface area contributed by atoms with E-state index >= 15 is 0 Å². The molecule has 0 aromatic rings. The Morgan fingerprint density at radius 3 is 2.22 bits per heavy atom. The molecule has 4 heteroatoms. The molecule has 0 aromatic heterocycles. The maximum Gasteiger partial charge on any atom is 0.147 e. The molecule has 9 heavy (non-hydrogen) atoms. The highest BCUT2D eigenvalue weighted by Crippen LogP contribution is 1.96. The average Bonchev–Trinajstić information content (AvgIpc) is 1.63. The summed E-state index contributed by atoms with van der Waals surface area (Å²) in [6.07, 6.45) is 2.97. The van der Waals surface area contributed by atoms with Crippen molar-refractivity contribution < 1.29 is 8.42 Å². The summed E-state index contributed by atoms with van der Waals surface area (Å²) in [5.74, 6) is 0.318. The van der Waals surface area contributed by atoms with Gasteiger partial charge in [-0.3, -0.25) is 0 Å². The summed E-state index contributed by atoms with van der Waals surface area (Å²) in [6.45, 7) is 0. The van der Waals surface area contributed by atoms with Crippen molar-refractivity contribution in [2.75, 3.05) is 17.3 Å². The first-order valence-corrected chi connectivity index (χ1v) is 5.98. The predicted octanol–water partition coefficient (Wildman–Crippen LogP) is 1.21. The molecule has 0 amide bonds. The van der Waals surface area contributed by atoms with Gasteiger partial charge in [0.25, 0.3) is 0 Å². The van der Waals surface area contributed by atoms with Gasteiger partial charge < -0.3 is 0 Å². The summed E-state index contributed by atoms with van der Waals surface area (Å²) >= 11 is 3.22. The Morgan fingerprint density at radius 1 is 1.33 bits per heavy atom. The lowest BCUT2D eigenvalue weighted by atomic mass is 10.4. The minimum atomic E-state index is -2.72. The Hall–Kier alpha value is 0.430. The van der Waals surface area contributed by atoms with E-state index in [1.807, 2.05) is 0 Å². The first kappa shape index (κ1) is 9.43. The Kier molecular flexibility index (Phi) is 4.48. The van der Waals surface area contributed by atoms with Crippen molar-refractivity contribution in [2.24, 2.45) is 0 Å². The Labute approximate surface area is 64.7 Å². The van der Waals surface area contributed by atoms with Gasteiger partial charge in [-0.1, -0.05) is 15.9 Å². The van der Waals surface area contributed by atoms with Crippen LogP contribution in [-0.4, -0.2) is 25.8 Å². The molecular weight excluding hydrogens is 204 g/mol. The van der Waals surface area contributed by atoms with Gasteiger partial charge >= 0.3 is 0 Å². The molecule has 56 valence electrons. The fourth-order valence-corrected chi connectivity index (χ4v) is 1.58. The first-order valence-electron chi connectivity index (χ1n) is 2.80. The minimum Gasteiger partial charge on any atom is -0.229 e. The zero-order chi connectivity index (χ0) is 7.33. The Bertz CT molecular complexity index is 150. The van der Waals surface area contributed by atoms with Crippen molar-refractivity contribution in [3.05, 3.63) is 0 Å². The number of hydrogen-bond donors (Lipinski definition) is 0. The summed E-state index contributed by atoms with van der Waals surface area (Å²) in [5.41, 5.74) is 0. The molecule has 0 rings (SSSR count). The Morgan fingerprint density at radius 2 is 1.89 bits per heavy atom. The molecule has 0 spiro atoms. The van der Waals surface area contributed by atoms with E-state index in [1.165, 1.54) is 6.26 Å². The molecule has 0 saturated carbocycles. The van der Waals surface area contributed by atoms with Crippen molar-refractivity contribution >= 4 is 25.8 Å². The molecule has 0 aromatic carbocycles. The average molecular weight is 215 g/mol. The third-order valence-corrected chi connectivity index (χ3v) is 2.49. The fraction of sp³-hybridized carbons (Fsp3) is 1.00. The summed E-state index contributed by atoms with van der Waals surface area (Å²) in [4.78, 5) is 0. The molecule has 0 unspecified atom stereocenters. The van der Waals surface area contributed by atoms with E-state index in [1.54, 1.807) is 0 Å². The lowest BCUT2D eigenvalue weighted by molar-refractivity contribution is 0.599. The van der Waals surface area contributed by atoms with Gasteiger partial charge in [0, 0.05) is 17.3 Å². The van der Waals surface area contributed by atoms with Crippen LogP contribution in [0.4, 0.5) is 0 Å². The summed E-state index contributed by atoms with van der Waals surface area (Å²) in [7, 11) is -2.72. The predicted molar refractivity (Wildman–Crippen MR) is 42.7 cm³/mol. The molecule has 2 nitrogen and oxygen atoms in total. The van der Waals surface area contributed by atoms with Crippen molar-refractivity contribution in [2.45, 2.75) is 12.8 Å². The highest BCUT2D eigenvalue weighted by atomic mass is 79.9. The minimum absolute atomic E-state index is 0.318. The zero-order valence-corrected chi connectivity index (χ0v) is 7.83. The van der Waals surface area contributed by atoms with Gasteiger partial charge in [-0.15, -0.1) is 0 Å². The molecule has 0 bridgehead atoms. The van der Waals surface area contributed by atoms with Crippen LogP contribution in [0.3, 0.4) is 0 Å². The van der Waals surface area contributed by atoms with Crippen LogP contribution in [0.5, 0.6) is 0 Å². The molecular formula is C5H11BrO2S. The maximum atomic E-state index is 10.5. The lowest BCUT2D eigenvalue weighted by Crippen LogP contribution is -2.02. The monoisotopic (exact) mass is 214 g/mol. The molecule has 0 aliphatic carbocycles. The van der Waals surface area contributed by atoms with Gasteiger partial charge in [0.15, 0.2) is 0 Å². The van der Waals surface area contributed by atoms with E-state index in [0.717, 1.165) is 18.2 Å². The third kappa shape index (κ3) is 8.43. The van der Waals surface area contributed by atoms with Crippen LogP contribution in [0.2, 0.25) is 0 Å². The van der Waals surface area contributed by atoms with Gasteiger partial charge in [0.1, 0.15) is 9.84 Å². The number of rotatable bonds is 4. The van der Waals surface area contributed by atoms with Gasteiger partial charge in [-0.25, -0.2) is 8.42 Å². The van der Waals surface area contributed by atoms with E-state index in [4.69, 9.17) is 0 Å². The van der Waals surface area contributed by atoms with Crippen molar-refractivity contribution in [3.63, 3.8) is 0 Å². The second-order valence-electron chi connectivity index (χ2n) is 2.03. The topological polar surface area (TPSA) is 34.1 Å². The van der Waals surface area contributed by atoms with E-state index in [9.17, 15) is 8.42 Å². The zero-order valence-electron chi connectivity index (χ0n) is 5.43. The number of alkyl halides is 1. The number of halogens is 1. The molecule has 0 atom stereocenters. The third-order valence-electron chi connectivity index (χ3n) is 0.899. The summed E-state index contributed by atoms with van der Waals surface area (Å²) in [5, 5.41) is 0.891. The number of hydrogen-bond acceptors (Lipinski definition) is 2. The molecule has 0 fully saturated rings. The van der Waals surface area contributed by atoms with Gasteiger partial charge in [-0.05, 0) is 12.8 Å². The second kappa shape index (κ2) is 4.28. The van der Waals surface area contributed by atoms with Crippen molar-refractivity contribution in [1.29, 1.82) is 0 Å². The van der Waals surface area contributed by atoms with Crippen LogP contribution in [0.15, 0.2) is 0 Å². The van der Waals surface area contributed by atoms with E-state index in [0.29, 0.717) is 5.75 Å². The van der Waals surface area contributed by atoms with E-state index in [2.05, 4.69) is 15.9 Å². The van der Waals surface area contributed by atoms with Crippen LogP contribution in [0.25, 0.3) is 0 Å². The molecule has 0 N–H and O–H groups in total. The molecule has 0 heterocycles. The summed E-state index contributed by atoms with van der Waals surface area (Å²) < 4.78 is 21.0. The largest absolute Gasteiger partial charge is 0.229 e. The second-order valence-corrected chi connectivity index (χ2v) is 5.08. The number of sulfone groups is 1. The number of unbranched alkanes of at least 4 members (excludes halogenated alkanes) is 1. The summed E-state index contributed by atoms with van der Waals surface area (Å²) in [6, 6.07) is 0. The van der Waals surface area contributed by atoms with Crippen LogP contribution in [0.1, 0.15) is 12.8 Å². The van der Waals surface area contributed by atoms with Crippen molar-refractivity contribution in [1.82, 2.24) is 0 Å². The molecule has 0 aliphatic rings. The molecule has 0 aliphatic heterocycles. The van der Waals surface area contributed by atoms with Crippen molar-refractivity contribution in [3.8, 4) is 0 Å².